The first-order chi connectivity index (χ1) is 9.16. The van der Waals surface area contributed by atoms with Gasteiger partial charge in [0.2, 0.25) is 0 Å². The monoisotopic (exact) mass is 336 g/mol. The largest absolute Gasteiger partial charge is 0.493 e. The van der Waals surface area contributed by atoms with Crippen molar-refractivity contribution in [2.75, 3.05) is 6.61 Å². The average molecular weight is 338 g/mol. The lowest BCUT2D eigenvalue weighted by Gasteiger charge is -2.17. The summed E-state index contributed by atoms with van der Waals surface area (Å²) in [6, 6.07) is 12.4. The number of aryl methyl sites for hydroxylation is 1. The van der Waals surface area contributed by atoms with Gasteiger partial charge in [0.05, 0.1) is 11.4 Å². The molecule has 0 amide bonds. The number of benzene rings is 2. The smallest absolute Gasteiger partial charge is 0.127 e. The van der Waals surface area contributed by atoms with Crippen LogP contribution in [0.1, 0.15) is 27.1 Å². The molecule has 2 aromatic carbocycles. The molecule has 3 rings (SSSR count). The van der Waals surface area contributed by atoms with Crippen LogP contribution in [0.2, 0.25) is 5.02 Å². The van der Waals surface area contributed by atoms with E-state index in [9.17, 15) is 0 Å². The summed E-state index contributed by atoms with van der Waals surface area (Å²) in [6.07, 6.45) is 0.941. The topological polar surface area (TPSA) is 9.23 Å². The van der Waals surface area contributed by atoms with Crippen LogP contribution in [0.4, 0.5) is 0 Å². The molecule has 0 saturated carbocycles. The van der Waals surface area contributed by atoms with E-state index in [1.165, 1.54) is 16.7 Å². The highest BCUT2D eigenvalue weighted by molar-refractivity contribution is 9.09. The summed E-state index contributed by atoms with van der Waals surface area (Å²) in [5.41, 5.74) is 4.84. The van der Waals surface area contributed by atoms with Crippen LogP contribution < -0.4 is 4.74 Å². The minimum absolute atomic E-state index is 0.110. The van der Waals surface area contributed by atoms with E-state index in [2.05, 4.69) is 47.1 Å². The van der Waals surface area contributed by atoms with Crippen LogP contribution in [0, 0.1) is 6.92 Å². The molecule has 98 valence electrons. The van der Waals surface area contributed by atoms with Gasteiger partial charge in [0.15, 0.2) is 0 Å². The highest BCUT2D eigenvalue weighted by atomic mass is 79.9. The van der Waals surface area contributed by atoms with Gasteiger partial charge >= 0.3 is 0 Å². The molecule has 0 radical (unpaired) electrons. The van der Waals surface area contributed by atoms with Gasteiger partial charge in [-0.3, -0.25) is 0 Å². The third-order valence-corrected chi connectivity index (χ3v) is 4.72. The SMILES string of the molecule is Cc1ccccc1C(Br)c1cc(Cl)cc2c1OCC2. The number of alkyl halides is 1. The van der Waals surface area contributed by atoms with E-state index >= 15 is 0 Å². The Morgan fingerprint density at radius 3 is 2.79 bits per heavy atom. The first-order valence-electron chi connectivity index (χ1n) is 6.31. The molecule has 1 unspecified atom stereocenters. The highest BCUT2D eigenvalue weighted by Crippen LogP contribution is 2.43. The van der Waals surface area contributed by atoms with Gasteiger partial charge in [-0.15, -0.1) is 0 Å². The van der Waals surface area contributed by atoms with Crippen LogP contribution in [-0.2, 0) is 6.42 Å². The van der Waals surface area contributed by atoms with Crippen molar-refractivity contribution in [1.29, 1.82) is 0 Å². The molecule has 0 aromatic heterocycles. The van der Waals surface area contributed by atoms with Crippen molar-refractivity contribution in [2.24, 2.45) is 0 Å². The van der Waals surface area contributed by atoms with Crippen molar-refractivity contribution in [3.05, 3.63) is 63.7 Å². The Bertz CT molecular complexity index is 624. The second-order valence-electron chi connectivity index (χ2n) is 4.80. The number of ether oxygens (including phenoxy) is 1. The van der Waals surface area contributed by atoms with Crippen molar-refractivity contribution >= 4 is 27.5 Å². The molecular weight excluding hydrogens is 324 g/mol. The summed E-state index contributed by atoms with van der Waals surface area (Å²) in [4.78, 5) is 0.110. The molecule has 1 atom stereocenters. The number of hydrogen-bond acceptors (Lipinski definition) is 1. The predicted molar refractivity (Wildman–Crippen MR) is 82.6 cm³/mol. The molecular formula is C16H14BrClO. The molecule has 3 heteroatoms. The maximum atomic E-state index is 6.22. The third-order valence-electron chi connectivity index (χ3n) is 3.51. The zero-order valence-electron chi connectivity index (χ0n) is 10.6. The van der Waals surface area contributed by atoms with Crippen molar-refractivity contribution in [3.8, 4) is 5.75 Å². The standard InChI is InChI=1S/C16H14BrClO/c1-10-4-2-3-5-13(10)15(17)14-9-12(18)8-11-6-7-19-16(11)14/h2-5,8-9,15H,6-7H2,1H3. The molecule has 2 aromatic rings. The predicted octanol–water partition coefficient (Wildman–Crippen LogP) is 5.07. The first-order valence-corrected chi connectivity index (χ1v) is 7.61. The van der Waals surface area contributed by atoms with E-state index in [-0.39, 0.29) is 4.83 Å². The van der Waals surface area contributed by atoms with Crippen molar-refractivity contribution in [3.63, 3.8) is 0 Å². The Labute approximate surface area is 126 Å². The second-order valence-corrected chi connectivity index (χ2v) is 6.15. The van der Waals surface area contributed by atoms with E-state index in [0.717, 1.165) is 29.4 Å². The first kappa shape index (κ1) is 13.0. The lowest BCUT2D eigenvalue weighted by molar-refractivity contribution is 0.354. The van der Waals surface area contributed by atoms with Crippen LogP contribution >= 0.6 is 27.5 Å². The zero-order valence-corrected chi connectivity index (χ0v) is 13.0. The fourth-order valence-corrected chi connectivity index (χ4v) is 3.63. The summed E-state index contributed by atoms with van der Waals surface area (Å²) in [5.74, 6) is 0.995. The van der Waals surface area contributed by atoms with Gasteiger partial charge < -0.3 is 4.74 Å². The van der Waals surface area contributed by atoms with E-state index in [0.29, 0.717) is 0 Å². The Morgan fingerprint density at radius 2 is 2.00 bits per heavy atom. The fraction of sp³-hybridized carbons (Fsp3) is 0.250. The molecule has 1 aliphatic heterocycles. The normalized spacial score (nSPS) is 14.9. The van der Waals surface area contributed by atoms with Gasteiger partial charge in [-0.2, -0.15) is 0 Å². The van der Waals surface area contributed by atoms with Gasteiger partial charge in [-0.25, -0.2) is 0 Å². The van der Waals surface area contributed by atoms with Crippen molar-refractivity contribution in [1.82, 2.24) is 0 Å². The number of rotatable bonds is 2. The van der Waals surface area contributed by atoms with Crippen molar-refractivity contribution in [2.45, 2.75) is 18.2 Å². The zero-order chi connectivity index (χ0) is 13.4. The maximum Gasteiger partial charge on any atom is 0.127 e. The Morgan fingerprint density at radius 1 is 1.21 bits per heavy atom. The number of fused-ring (bicyclic) bond motifs is 1. The van der Waals surface area contributed by atoms with Crippen LogP contribution in [0.5, 0.6) is 5.75 Å². The summed E-state index contributed by atoms with van der Waals surface area (Å²) < 4.78 is 5.78. The lowest BCUT2D eigenvalue weighted by Crippen LogP contribution is -1.99. The van der Waals surface area contributed by atoms with Crippen LogP contribution in [0.15, 0.2) is 36.4 Å². The molecule has 1 aliphatic rings. The molecule has 0 saturated heterocycles. The molecule has 19 heavy (non-hydrogen) atoms. The van der Waals surface area contributed by atoms with E-state index < -0.39 is 0 Å². The van der Waals surface area contributed by atoms with E-state index in [4.69, 9.17) is 16.3 Å². The van der Waals surface area contributed by atoms with Crippen LogP contribution in [0.3, 0.4) is 0 Å². The summed E-state index contributed by atoms with van der Waals surface area (Å²) in [7, 11) is 0. The van der Waals surface area contributed by atoms with Crippen LogP contribution in [-0.4, -0.2) is 6.61 Å². The third kappa shape index (κ3) is 2.39. The summed E-state index contributed by atoms with van der Waals surface area (Å²) in [6.45, 7) is 2.87. The van der Waals surface area contributed by atoms with Gasteiger partial charge in [-0.05, 0) is 35.7 Å². The number of halogens is 2. The maximum absolute atomic E-state index is 6.22. The Kier molecular flexibility index (Phi) is 3.55. The van der Waals surface area contributed by atoms with Gasteiger partial charge in [0.1, 0.15) is 5.75 Å². The summed E-state index contributed by atoms with van der Waals surface area (Å²) >= 11 is 10.0. The highest BCUT2D eigenvalue weighted by Gasteiger charge is 2.23. The van der Waals surface area contributed by atoms with Crippen LogP contribution in [0.25, 0.3) is 0 Å². The Hall–Kier alpha value is -0.990. The van der Waals surface area contributed by atoms with Gasteiger partial charge in [0.25, 0.3) is 0 Å². The molecule has 0 aliphatic carbocycles. The number of hydrogen-bond donors (Lipinski definition) is 0. The molecule has 1 nitrogen and oxygen atoms in total. The van der Waals surface area contributed by atoms with E-state index in [1.54, 1.807) is 0 Å². The molecule has 0 N–H and O–H groups in total. The second kappa shape index (κ2) is 5.18. The molecule has 1 heterocycles. The minimum Gasteiger partial charge on any atom is -0.493 e. The molecule has 0 bridgehead atoms. The Balaban J connectivity index is 2.10. The lowest BCUT2D eigenvalue weighted by atomic mass is 9.98. The molecule has 0 fully saturated rings. The van der Waals surface area contributed by atoms with Gasteiger partial charge in [-0.1, -0.05) is 51.8 Å². The quantitative estimate of drug-likeness (QED) is 0.695. The van der Waals surface area contributed by atoms with E-state index in [1.807, 2.05) is 12.1 Å². The van der Waals surface area contributed by atoms with Gasteiger partial charge in [0, 0.05) is 17.0 Å². The fourth-order valence-electron chi connectivity index (χ4n) is 2.52. The average Bonchev–Trinajstić information content (AvgIpc) is 2.85. The molecule has 0 spiro atoms. The van der Waals surface area contributed by atoms with Crippen molar-refractivity contribution < 1.29 is 4.74 Å². The minimum atomic E-state index is 0.110. The summed E-state index contributed by atoms with van der Waals surface area (Å²) in [5, 5.41) is 0.775.